The van der Waals surface area contributed by atoms with E-state index in [1.807, 2.05) is 38.1 Å². The summed E-state index contributed by atoms with van der Waals surface area (Å²) >= 11 is 0. The minimum atomic E-state index is -1.71. The predicted octanol–water partition coefficient (Wildman–Crippen LogP) is 3.02. The highest BCUT2D eigenvalue weighted by Crippen LogP contribution is 2.40. The number of hydrogen-bond acceptors (Lipinski definition) is 8. The third-order valence-corrected chi connectivity index (χ3v) is 6.58. The van der Waals surface area contributed by atoms with E-state index in [0.29, 0.717) is 12.2 Å². The number of H-pyrrole nitrogens is 1. The van der Waals surface area contributed by atoms with Crippen LogP contribution >= 0.6 is 8.53 Å². The van der Waals surface area contributed by atoms with Crippen LogP contribution < -0.4 is 20.9 Å². The normalized spacial score (nSPS) is 21.9. The van der Waals surface area contributed by atoms with Gasteiger partial charge in [0.25, 0.3) is 5.56 Å². The largest absolute Gasteiger partial charge is 0.462 e. The first-order chi connectivity index (χ1) is 16.1. The molecule has 10 nitrogen and oxygen atoms in total. The van der Waals surface area contributed by atoms with Crippen LogP contribution in [0.4, 0.5) is 0 Å². The summed E-state index contributed by atoms with van der Waals surface area (Å²) in [6.45, 7) is 9.35. The summed E-state index contributed by atoms with van der Waals surface area (Å²) in [5, 5.41) is 3.09. The van der Waals surface area contributed by atoms with Crippen LogP contribution in [-0.2, 0) is 18.8 Å². The van der Waals surface area contributed by atoms with Crippen LogP contribution in [0.3, 0.4) is 0 Å². The first-order valence-corrected chi connectivity index (χ1v) is 12.4. The molecular formula is C23H32N3O7P. The van der Waals surface area contributed by atoms with Crippen molar-refractivity contribution < 1.29 is 23.3 Å². The molecule has 5 unspecified atom stereocenters. The van der Waals surface area contributed by atoms with Gasteiger partial charge in [0.1, 0.15) is 18.0 Å². The molecule has 1 fully saturated rings. The highest BCUT2D eigenvalue weighted by atomic mass is 31.2. The van der Waals surface area contributed by atoms with Crippen molar-refractivity contribution in [3.63, 3.8) is 0 Å². The number of rotatable bonds is 10. The molecule has 0 radical (unpaired) electrons. The quantitative estimate of drug-likeness (QED) is 0.383. The highest BCUT2D eigenvalue weighted by Gasteiger charge is 2.35. The number of hydrogen-bond donors (Lipinski definition) is 2. The summed E-state index contributed by atoms with van der Waals surface area (Å²) in [7, 11) is -1.71. The molecule has 1 aliphatic rings. The number of aryl methyl sites for hydroxylation is 1. The molecule has 0 amide bonds. The SMILES string of the molecule is Cc1ccccc1OP(NC(C)C(=O)OC(C)C)OCC1CC(C)C(n2ccc(=O)[nH]c2=O)O1. The molecule has 0 aliphatic carbocycles. The number of esters is 1. The first kappa shape index (κ1) is 26.1. The van der Waals surface area contributed by atoms with E-state index in [1.54, 1.807) is 20.8 Å². The first-order valence-electron chi connectivity index (χ1n) is 11.2. The maximum absolute atomic E-state index is 12.3. The molecule has 0 bridgehead atoms. The molecule has 2 aromatic rings. The molecule has 0 saturated carbocycles. The zero-order chi connectivity index (χ0) is 24.8. The number of ether oxygens (including phenoxy) is 2. The van der Waals surface area contributed by atoms with Crippen LogP contribution in [0.1, 0.15) is 45.9 Å². The third kappa shape index (κ3) is 6.99. The van der Waals surface area contributed by atoms with Gasteiger partial charge < -0.3 is 18.5 Å². The molecule has 186 valence electrons. The van der Waals surface area contributed by atoms with Gasteiger partial charge in [-0.05, 0) is 45.7 Å². The summed E-state index contributed by atoms with van der Waals surface area (Å²) in [6, 6.07) is 8.17. The number of nitrogens with zero attached hydrogens (tertiary/aromatic N) is 1. The fraction of sp³-hybridized carbons (Fsp3) is 0.522. The maximum atomic E-state index is 12.3. The van der Waals surface area contributed by atoms with Crippen LogP contribution in [0, 0.1) is 12.8 Å². The average molecular weight is 493 g/mol. The minimum Gasteiger partial charge on any atom is -0.462 e. The lowest BCUT2D eigenvalue weighted by Gasteiger charge is -2.24. The van der Waals surface area contributed by atoms with E-state index in [0.717, 1.165) is 5.56 Å². The second kappa shape index (κ2) is 11.8. The van der Waals surface area contributed by atoms with Gasteiger partial charge in [-0.25, -0.2) is 9.88 Å². The van der Waals surface area contributed by atoms with Crippen molar-refractivity contribution in [3.05, 3.63) is 62.9 Å². The Morgan fingerprint density at radius 1 is 1.26 bits per heavy atom. The van der Waals surface area contributed by atoms with Crippen molar-refractivity contribution in [2.24, 2.45) is 5.92 Å². The molecule has 2 N–H and O–H groups in total. The highest BCUT2D eigenvalue weighted by molar-refractivity contribution is 7.45. The van der Waals surface area contributed by atoms with E-state index in [2.05, 4.69) is 10.1 Å². The standard InChI is InChI=1S/C23H32N3O7P/c1-14(2)31-22(28)17(5)25-34(33-19-9-7-6-8-15(19)3)30-13-18-12-16(4)21(32-18)26-11-10-20(27)24-23(26)29/h6-11,14,16-18,21,25H,12-13H2,1-5H3,(H,24,27,29). The fourth-order valence-electron chi connectivity index (χ4n) is 3.53. The Kier molecular flexibility index (Phi) is 9.02. The molecule has 0 spiro atoms. The smallest absolute Gasteiger partial charge is 0.330 e. The second-order valence-electron chi connectivity index (χ2n) is 8.63. The van der Waals surface area contributed by atoms with E-state index < -0.39 is 38.0 Å². The Bertz CT molecular complexity index is 1090. The van der Waals surface area contributed by atoms with Gasteiger partial charge in [-0.3, -0.25) is 19.1 Å². The number of para-hydroxylation sites is 1. The van der Waals surface area contributed by atoms with Crippen LogP contribution in [-0.4, -0.2) is 40.4 Å². The van der Waals surface area contributed by atoms with Gasteiger partial charge in [0.05, 0.1) is 18.8 Å². The van der Waals surface area contributed by atoms with Gasteiger partial charge in [0.15, 0.2) is 0 Å². The zero-order valence-corrected chi connectivity index (χ0v) is 20.9. The Morgan fingerprint density at radius 2 is 2.00 bits per heavy atom. The Hall–Kier alpha value is -2.52. The predicted molar refractivity (Wildman–Crippen MR) is 128 cm³/mol. The van der Waals surface area contributed by atoms with Gasteiger partial charge in [0.2, 0.25) is 0 Å². The molecule has 5 atom stereocenters. The number of carbonyl (C=O) groups excluding carboxylic acids is 1. The van der Waals surface area contributed by atoms with Crippen LogP contribution in [0.15, 0.2) is 46.1 Å². The van der Waals surface area contributed by atoms with Crippen LogP contribution in [0.2, 0.25) is 0 Å². The monoisotopic (exact) mass is 493 g/mol. The summed E-state index contributed by atoms with van der Waals surface area (Å²) in [5.74, 6) is 0.264. The van der Waals surface area contributed by atoms with Gasteiger partial charge >= 0.3 is 20.2 Å². The molecule has 1 saturated heterocycles. The number of aromatic nitrogens is 2. The molecule has 1 aromatic carbocycles. The molecule has 1 aromatic heterocycles. The van der Waals surface area contributed by atoms with Crippen molar-refractivity contribution in [2.45, 2.75) is 65.5 Å². The Balaban J connectivity index is 1.67. The number of nitrogens with one attached hydrogen (secondary N) is 2. The molecule has 2 heterocycles. The summed E-state index contributed by atoms with van der Waals surface area (Å²) in [6.07, 6.45) is 1.03. The van der Waals surface area contributed by atoms with Crippen LogP contribution in [0.5, 0.6) is 5.75 Å². The number of carbonyl (C=O) groups is 1. The van der Waals surface area contributed by atoms with E-state index in [4.69, 9.17) is 18.5 Å². The van der Waals surface area contributed by atoms with Gasteiger partial charge in [-0.1, -0.05) is 25.1 Å². The lowest BCUT2D eigenvalue weighted by Crippen LogP contribution is -2.35. The summed E-state index contributed by atoms with van der Waals surface area (Å²) in [5.41, 5.74) is -0.0433. The molecule has 34 heavy (non-hydrogen) atoms. The second-order valence-corrected chi connectivity index (χ2v) is 9.84. The third-order valence-electron chi connectivity index (χ3n) is 5.24. The number of aromatic amines is 1. The lowest BCUT2D eigenvalue weighted by molar-refractivity contribution is -0.149. The van der Waals surface area contributed by atoms with E-state index in [1.165, 1.54) is 16.8 Å². The number of benzene rings is 1. The van der Waals surface area contributed by atoms with Crippen LogP contribution in [0.25, 0.3) is 0 Å². The molecule has 3 rings (SSSR count). The van der Waals surface area contributed by atoms with Crippen molar-refractivity contribution in [2.75, 3.05) is 6.61 Å². The fourth-order valence-corrected chi connectivity index (χ4v) is 4.81. The molecule has 11 heteroatoms. The summed E-state index contributed by atoms with van der Waals surface area (Å²) < 4.78 is 24.8. The lowest BCUT2D eigenvalue weighted by atomic mass is 10.1. The van der Waals surface area contributed by atoms with Crippen molar-refractivity contribution in [1.82, 2.24) is 14.6 Å². The maximum Gasteiger partial charge on any atom is 0.330 e. The molecular weight excluding hydrogens is 461 g/mol. The summed E-state index contributed by atoms with van der Waals surface area (Å²) in [4.78, 5) is 38.1. The Morgan fingerprint density at radius 3 is 2.68 bits per heavy atom. The van der Waals surface area contributed by atoms with E-state index in [-0.39, 0.29) is 24.7 Å². The average Bonchev–Trinajstić information content (AvgIpc) is 3.13. The van der Waals surface area contributed by atoms with Crippen molar-refractivity contribution in [3.8, 4) is 5.75 Å². The van der Waals surface area contributed by atoms with Gasteiger partial charge in [-0.2, -0.15) is 0 Å². The topological polar surface area (TPSA) is 121 Å². The van der Waals surface area contributed by atoms with Crippen molar-refractivity contribution in [1.29, 1.82) is 0 Å². The van der Waals surface area contributed by atoms with Crippen molar-refractivity contribution >= 4 is 14.5 Å². The van der Waals surface area contributed by atoms with E-state index in [9.17, 15) is 14.4 Å². The minimum absolute atomic E-state index is 0.0219. The Labute approximate surface area is 199 Å². The zero-order valence-electron chi connectivity index (χ0n) is 20.0. The van der Waals surface area contributed by atoms with Gasteiger partial charge in [0, 0.05) is 18.2 Å². The van der Waals surface area contributed by atoms with Gasteiger partial charge in [-0.15, -0.1) is 0 Å². The van der Waals surface area contributed by atoms with E-state index >= 15 is 0 Å². The molecule has 1 aliphatic heterocycles.